The van der Waals surface area contributed by atoms with Crippen molar-refractivity contribution < 1.29 is 28.6 Å². The Labute approximate surface area is 216 Å². The molecule has 2 amide bonds. The molecule has 10 heteroatoms. The van der Waals surface area contributed by atoms with Crippen molar-refractivity contribution in [2.24, 2.45) is 0 Å². The number of benzene rings is 2. The van der Waals surface area contributed by atoms with Crippen LogP contribution < -0.4 is 14.8 Å². The second kappa shape index (κ2) is 12.3. The summed E-state index contributed by atoms with van der Waals surface area (Å²) >= 11 is 5.57. The molecule has 2 aromatic carbocycles. The summed E-state index contributed by atoms with van der Waals surface area (Å²) in [6, 6.07) is 11.4. The highest BCUT2D eigenvalue weighted by molar-refractivity contribution is 7.80. The molecule has 0 aromatic heterocycles. The molecule has 1 aliphatic rings. The number of carbonyl (C=O) groups excluding carboxylic acids is 3. The number of amides is 2. The fraction of sp³-hybridized carbons (Fsp3) is 0.385. The van der Waals surface area contributed by atoms with Gasteiger partial charge in [-0.15, -0.1) is 0 Å². The molecule has 0 radical (unpaired) electrons. The third-order valence-corrected chi connectivity index (χ3v) is 6.32. The molecule has 1 atom stereocenters. The Morgan fingerprint density at radius 3 is 2.33 bits per heavy atom. The molecular formula is C26H31N3O6S. The molecule has 1 aliphatic heterocycles. The average Bonchev–Trinajstić information content (AvgIpc) is 3.10. The Kier molecular flexibility index (Phi) is 9.24. The fourth-order valence-corrected chi connectivity index (χ4v) is 4.45. The lowest BCUT2D eigenvalue weighted by Crippen LogP contribution is -2.39. The van der Waals surface area contributed by atoms with E-state index in [4.69, 9.17) is 26.4 Å². The lowest BCUT2D eigenvalue weighted by atomic mass is 10.1. The molecule has 36 heavy (non-hydrogen) atoms. The van der Waals surface area contributed by atoms with E-state index >= 15 is 0 Å². The number of ether oxygens (including phenoxy) is 3. The van der Waals surface area contributed by atoms with E-state index in [1.807, 2.05) is 25.1 Å². The van der Waals surface area contributed by atoms with Crippen LogP contribution in [0, 0.1) is 0 Å². The van der Waals surface area contributed by atoms with E-state index in [1.165, 1.54) is 4.90 Å². The molecule has 0 unspecified atom stereocenters. The van der Waals surface area contributed by atoms with Crippen molar-refractivity contribution in [2.45, 2.75) is 32.7 Å². The Bertz CT molecular complexity index is 1120. The summed E-state index contributed by atoms with van der Waals surface area (Å²) in [6.07, 6.45) is 0.541. The number of likely N-dealkylation sites (N-methyl/N-ethyl adjacent to an activating group) is 1. The number of nitrogens with zero attached hydrogens (tertiary/aromatic N) is 2. The predicted octanol–water partition coefficient (Wildman–Crippen LogP) is 3.27. The van der Waals surface area contributed by atoms with Gasteiger partial charge < -0.3 is 24.4 Å². The number of esters is 1. The topological polar surface area (TPSA) is 97.4 Å². The van der Waals surface area contributed by atoms with Crippen LogP contribution in [0.5, 0.6) is 11.5 Å². The molecule has 9 nitrogen and oxygen atoms in total. The Morgan fingerprint density at radius 2 is 1.72 bits per heavy atom. The zero-order chi connectivity index (χ0) is 26.2. The largest absolute Gasteiger partial charge is 0.493 e. The van der Waals surface area contributed by atoms with Gasteiger partial charge in [0.2, 0.25) is 5.91 Å². The van der Waals surface area contributed by atoms with Gasteiger partial charge in [-0.2, -0.15) is 0 Å². The number of methoxy groups -OCH3 is 2. The van der Waals surface area contributed by atoms with Gasteiger partial charge >= 0.3 is 5.97 Å². The second-order valence-electron chi connectivity index (χ2n) is 8.06. The highest BCUT2D eigenvalue weighted by Crippen LogP contribution is 2.28. The van der Waals surface area contributed by atoms with Gasteiger partial charge in [-0.05, 0) is 74.4 Å². The first-order valence-corrected chi connectivity index (χ1v) is 12.1. The zero-order valence-corrected chi connectivity index (χ0v) is 21.7. The molecule has 1 heterocycles. The summed E-state index contributed by atoms with van der Waals surface area (Å²) in [7, 11) is 3.16. The van der Waals surface area contributed by atoms with Crippen molar-refractivity contribution in [2.75, 3.05) is 39.2 Å². The molecule has 1 saturated heterocycles. The van der Waals surface area contributed by atoms with Gasteiger partial charge in [0.25, 0.3) is 5.91 Å². The molecule has 0 spiro atoms. The number of nitrogens with one attached hydrogen (secondary N) is 1. The smallest absolute Gasteiger partial charge is 0.338 e. The Morgan fingerprint density at radius 1 is 1.03 bits per heavy atom. The molecule has 3 rings (SSSR count). The first-order valence-electron chi connectivity index (χ1n) is 11.7. The number of rotatable bonds is 11. The van der Waals surface area contributed by atoms with E-state index in [-0.39, 0.29) is 24.8 Å². The van der Waals surface area contributed by atoms with Crippen LogP contribution in [-0.2, 0) is 20.7 Å². The molecule has 1 N–H and O–H groups in total. The first-order chi connectivity index (χ1) is 17.3. The number of hydrogen-bond donors (Lipinski definition) is 1. The minimum Gasteiger partial charge on any atom is -0.493 e. The van der Waals surface area contributed by atoms with Crippen molar-refractivity contribution in [1.29, 1.82) is 0 Å². The van der Waals surface area contributed by atoms with Crippen LogP contribution in [0.2, 0.25) is 0 Å². The van der Waals surface area contributed by atoms with Gasteiger partial charge in [-0.3, -0.25) is 14.5 Å². The lowest BCUT2D eigenvalue weighted by Gasteiger charge is -2.24. The first kappa shape index (κ1) is 26.9. The second-order valence-corrected chi connectivity index (χ2v) is 8.43. The normalized spacial score (nSPS) is 15.2. The van der Waals surface area contributed by atoms with Gasteiger partial charge in [0, 0.05) is 18.8 Å². The Hall–Kier alpha value is -3.66. The molecule has 0 bridgehead atoms. The van der Waals surface area contributed by atoms with Crippen LogP contribution in [0.1, 0.15) is 36.2 Å². The number of carbonyl (C=O) groups is 3. The maximum atomic E-state index is 13.1. The van der Waals surface area contributed by atoms with Gasteiger partial charge in [0.05, 0.1) is 32.8 Å². The van der Waals surface area contributed by atoms with E-state index in [0.29, 0.717) is 47.4 Å². The van der Waals surface area contributed by atoms with Crippen LogP contribution in [0.4, 0.5) is 5.69 Å². The molecule has 0 saturated carbocycles. The summed E-state index contributed by atoms with van der Waals surface area (Å²) in [5, 5.41) is 3.21. The van der Waals surface area contributed by atoms with Crippen LogP contribution in [0.15, 0.2) is 42.5 Å². The molecule has 192 valence electrons. The van der Waals surface area contributed by atoms with Crippen LogP contribution in [-0.4, -0.2) is 72.7 Å². The number of thiocarbonyl (C=S) groups is 1. The van der Waals surface area contributed by atoms with Crippen molar-refractivity contribution in [1.82, 2.24) is 9.80 Å². The van der Waals surface area contributed by atoms with Crippen molar-refractivity contribution in [3.63, 3.8) is 0 Å². The van der Waals surface area contributed by atoms with Gasteiger partial charge in [-0.1, -0.05) is 6.07 Å². The van der Waals surface area contributed by atoms with Gasteiger partial charge in [0.1, 0.15) is 6.04 Å². The summed E-state index contributed by atoms with van der Waals surface area (Å²) in [4.78, 5) is 41.0. The standard InChI is InChI=1S/C26H31N3O6S/c1-5-28-24(31)20(16-23(30)27-19-10-8-18(9-11-19)25(32)35-6-2)29(26(28)36)14-13-17-7-12-21(33-3)22(15-17)34-4/h7-12,15,20H,5-6,13-14,16H2,1-4H3,(H,27,30)/t20-/m1/s1. The van der Waals surface area contributed by atoms with E-state index in [0.717, 1.165) is 5.56 Å². The zero-order valence-electron chi connectivity index (χ0n) is 20.9. The SMILES string of the molecule is CCOC(=O)c1ccc(NC(=O)C[C@@H]2C(=O)N(CC)C(=S)N2CCc2ccc(OC)c(OC)c2)cc1. The van der Waals surface area contributed by atoms with E-state index in [9.17, 15) is 14.4 Å². The highest BCUT2D eigenvalue weighted by atomic mass is 32.1. The fourth-order valence-electron chi connectivity index (χ4n) is 4.01. The summed E-state index contributed by atoms with van der Waals surface area (Å²) in [5.41, 5.74) is 1.90. The van der Waals surface area contributed by atoms with Crippen molar-refractivity contribution in [3.8, 4) is 11.5 Å². The average molecular weight is 514 g/mol. The van der Waals surface area contributed by atoms with Crippen LogP contribution >= 0.6 is 12.2 Å². The summed E-state index contributed by atoms with van der Waals surface area (Å²) in [6.45, 7) is 4.76. The van der Waals surface area contributed by atoms with Crippen molar-refractivity contribution in [3.05, 3.63) is 53.6 Å². The van der Waals surface area contributed by atoms with E-state index in [2.05, 4.69) is 5.32 Å². The third kappa shape index (κ3) is 6.12. The van der Waals surface area contributed by atoms with Gasteiger partial charge in [0.15, 0.2) is 16.6 Å². The number of hydrogen-bond acceptors (Lipinski definition) is 7. The highest BCUT2D eigenvalue weighted by Gasteiger charge is 2.42. The third-order valence-electron chi connectivity index (χ3n) is 5.87. The molecule has 2 aromatic rings. The molecular weight excluding hydrogens is 482 g/mol. The monoisotopic (exact) mass is 513 g/mol. The van der Waals surface area contributed by atoms with Crippen LogP contribution in [0.3, 0.4) is 0 Å². The maximum Gasteiger partial charge on any atom is 0.338 e. The molecule has 1 fully saturated rings. The summed E-state index contributed by atoms with van der Waals surface area (Å²) < 4.78 is 15.6. The van der Waals surface area contributed by atoms with E-state index < -0.39 is 12.0 Å². The minimum atomic E-state index is -0.698. The lowest BCUT2D eigenvalue weighted by molar-refractivity contribution is -0.130. The quantitative estimate of drug-likeness (QED) is 0.361. The predicted molar refractivity (Wildman–Crippen MR) is 139 cm³/mol. The van der Waals surface area contributed by atoms with E-state index in [1.54, 1.807) is 50.3 Å². The molecule has 0 aliphatic carbocycles. The van der Waals surface area contributed by atoms with Gasteiger partial charge in [-0.25, -0.2) is 4.79 Å². The Balaban J connectivity index is 1.68. The summed E-state index contributed by atoms with van der Waals surface area (Å²) in [5.74, 6) is 0.312. The van der Waals surface area contributed by atoms with Crippen LogP contribution in [0.25, 0.3) is 0 Å². The number of anilines is 1. The maximum absolute atomic E-state index is 13.1. The van der Waals surface area contributed by atoms with Crippen molar-refractivity contribution >= 4 is 40.8 Å². The minimum absolute atomic E-state index is 0.0545.